The van der Waals surface area contributed by atoms with Gasteiger partial charge in [0.2, 0.25) is 0 Å². The highest BCUT2D eigenvalue weighted by atomic mass is 16.2. The van der Waals surface area contributed by atoms with Gasteiger partial charge in [-0.25, -0.2) is 9.48 Å². The number of carbonyl (C=O) groups is 2. The molecule has 1 spiro atoms. The van der Waals surface area contributed by atoms with Crippen molar-refractivity contribution in [2.75, 3.05) is 19.6 Å². The summed E-state index contributed by atoms with van der Waals surface area (Å²) in [5.74, 6) is -0.209. The van der Waals surface area contributed by atoms with Crippen molar-refractivity contribution in [2.24, 2.45) is 5.41 Å². The maximum Gasteiger partial charge on any atom is 0.317 e. The fraction of sp³-hybridized carbons (Fsp3) is 0.524. The van der Waals surface area contributed by atoms with E-state index in [1.807, 2.05) is 46.8 Å². The van der Waals surface area contributed by atoms with Gasteiger partial charge in [0.25, 0.3) is 5.91 Å². The zero-order valence-electron chi connectivity index (χ0n) is 16.8. The Balaban J connectivity index is 1.35. The molecule has 2 N–H and O–H groups in total. The van der Waals surface area contributed by atoms with Crippen LogP contribution in [0.4, 0.5) is 4.79 Å². The van der Waals surface area contributed by atoms with Gasteiger partial charge in [-0.15, -0.1) is 5.10 Å². The lowest BCUT2D eigenvalue weighted by atomic mass is 9.59. The molecule has 3 amide bonds. The minimum atomic E-state index is -0.209. The molecule has 154 valence electrons. The molecule has 1 saturated heterocycles. The number of nitrogens with one attached hydrogen (secondary N) is 2. The van der Waals surface area contributed by atoms with Crippen molar-refractivity contribution in [1.82, 2.24) is 30.5 Å². The van der Waals surface area contributed by atoms with E-state index in [4.69, 9.17) is 0 Å². The molecule has 1 aromatic heterocycles. The van der Waals surface area contributed by atoms with Crippen molar-refractivity contribution in [1.29, 1.82) is 0 Å². The summed E-state index contributed by atoms with van der Waals surface area (Å²) in [4.78, 5) is 26.4. The summed E-state index contributed by atoms with van der Waals surface area (Å²) in [6.07, 6.45) is 5.86. The van der Waals surface area contributed by atoms with Gasteiger partial charge in [0.1, 0.15) is 0 Å². The number of piperidine rings is 1. The summed E-state index contributed by atoms with van der Waals surface area (Å²) < 4.78 is 1.86. The van der Waals surface area contributed by atoms with Gasteiger partial charge in [0, 0.05) is 26.2 Å². The molecule has 1 unspecified atom stereocenters. The number of likely N-dealkylation sites (tertiary alicyclic amines) is 1. The van der Waals surface area contributed by atoms with E-state index >= 15 is 0 Å². The number of amides is 3. The second kappa shape index (κ2) is 8.23. The minimum absolute atomic E-state index is 0.0244. The summed E-state index contributed by atoms with van der Waals surface area (Å²) in [5, 5.41) is 14.1. The summed E-state index contributed by atoms with van der Waals surface area (Å²) in [7, 11) is 0. The number of nitrogens with zero attached hydrogens (tertiary/aromatic N) is 4. The van der Waals surface area contributed by atoms with Gasteiger partial charge in [-0.1, -0.05) is 35.5 Å². The Kier molecular flexibility index (Phi) is 5.51. The maximum atomic E-state index is 12.4. The molecule has 2 aliphatic rings. The lowest BCUT2D eigenvalue weighted by Gasteiger charge is -2.53. The molecule has 2 aromatic rings. The van der Waals surface area contributed by atoms with Crippen LogP contribution in [0, 0.1) is 5.41 Å². The Labute approximate surface area is 170 Å². The highest BCUT2D eigenvalue weighted by Crippen LogP contribution is 2.56. The predicted molar refractivity (Wildman–Crippen MR) is 108 cm³/mol. The van der Waals surface area contributed by atoms with E-state index in [2.05, 4.69) is 20.9 Å². The largest absolute Gasteiger partial charge is 0.347 e. The number of hydrogen-bond acceptors (Lipinski definition) is 4. The van der Waals surface area contributed by atoms with Crippen LogP contribution in [-0.2, 0) is 6.54 Å². The fourth-order valence-corrected chi connectivity index (χ4v) is 4.50. The normalized spacial score (nSPS) is 20.2. The topological polar surface area (TPSA) is 92.2 Å². The number of benzene rings is 1. The van der Waals surface area contributed by atoms with Gasteiger partial charge in [-0.2, -0.15) is 0 Å². The molecule has 0 bridgehead atoms. The SMILES string of the molecule is CCNC(=O)N1CCC2(CCC2n2cc(C(=O)NCc3ccccc3)nn2)CC1. The molecular weight excluding hydrogens is 368 g/mol. The van der Waals surface area contributed by atoms with Crippen LogP contribution in [0.2, 0.25) is 0 Å². The monoisotopic (exact) mass is 396 g/mol. The van der Waals surface area contributed by atoms with E-state index in [9.17, 15) is 9.59 Å². The molecule has 1 aromatic carbocycles. The molecule has 1 atom stereocenters. The van der Waals surface area contributed by atoms with Crippen molar-refractivity contribution >= 4 is 11.9 Å². The fourth-order valence-electron chi connectivity index (χ4n) is 4.50. The first-order chi connectivity index (χ1) is 14.1. The Morgan fingerprint density at radius 2 is 1.90 bits per heavy atom. The first-order valence-electron chi connectivity index (χ1n) is 10.4. The summed E-state index contributed by atoms with van der Waals surface area (Å²) in [6, 6.07) is 10.1. The molecule has 1 saturated carbocycles. The van der Waals surface area contributed by atoms with E-state index in [0.29, 0.717) is 18.8 Å². The zero-order valence-corrected chi connectivity index (χ0v) is 16.8. The van der Waals surface area contributed by atoms with Crippen molar-refractivity contribution < 1.29 is 9.59 Å². The Morgan fingerprint density at radius 1 is 1.14 bits per heavy atom. The maximum absolute atomic E-state index is 12.4. The molecule has 1 aliphatic heterocycles. The predicted octanol–water partition coefficient (Wildman–Crippen LogP) is 2.35. The van der Waals surface area contributed by atoms with Gasteiger partial charge in [-0.05, 0) is 43.6 Å². The van der Waals surface area contributed by atoms with Crippen molar-refractivity contribution in [3.8, 4) is 0 Å². The molecule has 0 radical (unpaired) electrons. The Hall–Kier alpha value is -2.90. The summed E-state index contributed by atoms with van der Waals surface area (Å²) >= 11 is 0. The number of aromatic nitrogens is 3. The highest BCUT2D eigenvalue weighted by Gasteiger charge is 2.50. The smallest absolute Gasteiger partial charge is 0.317 e. The first kappa shape index (κ1) is 19.4. The summed E-state index contributed by atoms with van der Waals surface area (Å²) in [5.41, 5.74) is 1.56. The zero-order chi connectivity index (χ0) is 20.3. The molecular formula is C21H28N6O2. The third-order valence-electron chi connectivity index (χ3n) is 6.36. The molecule has 2 heterocycles. The quantitative estimate of drug-likeness (QED) is 0.811. The van der Waals surface area contributed by atoms with Crippen molar-refractivity contribution in [2.45, 2.75) is 45.2 Å². The summed E-state index contributed by atoms with van der Waals surface area (Å²) in [6.45, 7) is 4.58. The highest BCUT2D eigenvalue weighted by molar-refractivity contribution is 5.91. The van der Waals surface area contributed by atoms with Crippen molar-refractivity contribution in [3.05, 3.63) is 47.8 Å². The van der Waals surface area contributed by atoms with Crippen LogP contribution in [-0.4, -0.2) is 51.5 Å². The second-order valence-electron chi connectivity index (χ2n) is 7.99. The van der Waals surface area contributed by atoms with Gasteiger partial charge in [-0.3, -0.25) is 4.79 Å². The lowest BCUT2D eigenvalue weighted by Crippen LogP contribution is -2.53. The molecule has 29 heavy (non-hydrogen) atoms. The third-order valence-corrected chi connectivity index (χ3v) is 6.36. The molecule has 8 nitrogen and oxygen atoms in total. The van der Waals surface area contributed by atoms with Crippen LogP contribution in [0.3, 0.4) is 0 Å². The van der Waals surface area contributed by atoms with Crippen LogP contribution in [0.1, 0.15) is 54.7 Å². The minimum Gasteiger partial charge on any atom is -0.347 e. The van der Waals surface area contributed by atoms with E-state index in [0.717, 1.165) is 44.3 Å². The average Bonchev–Trinajstić information content (AvgIpc) is 3.21. The number of rotatable bonds is 5. The molecule has 4 rings (SSSR count). The van der Waals surface area contributed by atoms with Crippen LogP contribution < -0.4 is 10.6 Å². The third kappa shape index (κ3) is 3.97. The van der Waals surface area contributed by atoms with Gasteiger partial charge >= 0.3 is 6.03 Å². The first-order valence-corrected chi connectivity index (χ1v) is 10.4. The number of carbonyl (C=O) groups excluding carboxylic acids is 2. The van der Waals surface area contributed by atoms with Crippen molar-refractivity contribution in [3.63, 3.8) is 0 Å². The van der Waals surface area contributed by atoms with Gasteiger partial charge in [0.15, 0.2) is 5.69 Å². The number of urea groups is 1. The van der Waals surface area contributed by atoms with E-state index in [1.54, 1.807) is 6.20 Å². The van der Waals surface area contributed by atoms with E-state index in [-0.39, 0.29) is 23.4 Å². The van der Waals surface area contributed by atoms with Gasteiger partial charge < -0.3 is 15.5 Å². The van der Waals surface area contributed by atoms with Crippen LogP contribution in [0.15, 0.2) is 36.5 Å². The standard InChI is InChI=1S/C21H28N6O2/c1-2-22-20(29)26-12-10-21(11-13-26)9-8-18(21)27-15-17(24-25-27)19(28)23-14-16-6-4-3-5-7-16/h3-7,15,18H,2,8-14H2,1H3,(H,22,29)(H,23,28). The second-order valence-corrected chi connectivity index (χ2v) is 7.99. The van der Waals surface area contributed by atoms with Crippen LogP contribution in [0.5, 0.6) is 0 Å². The van der Waals surface area contributed by atoms with Gasteiger partial charge in [0.05, 0.1) is 12.2 Å². The average molecular weight is 396 g/mol. The molecule has 8 heteroatoms. The van der Waals surface area contributed by atoms with E-state index in [1.165, 1.54) is 0 Å². The van der Waals surface area contributed by atoms with Crippen LogP contribution >= 0.6 is 0 Å². The van der Waals surface area contributed by atoms with E-state index < -0.39 is 0 Å². The Morgan fingerprint density at radius 3 is 2.55 bits per heavy atom. The Bertz CT molecular complexity index is 857. The molecule has 1 aliphatic carbocycles. The lowest BCUT2D eigenvalue weighted by molar-refractivity contribution is -0.0228. The van der Waals surface area contributed by atoms with Crippen LogP contribution in [0.25, 0.3) is 0 Å². The molecule has 2 fully saturated rings. The number of hydrogen-bond donors (Lipinski definition) is 2.